The molecule has 1 fully saturated rings. The van der Waals surface area contributed by atoms with Crippen LogP contribution in [0.5, 0.6) is 0 Å². The predicted octanol–water partition coefficient (Wildman–Crippen LogP) is 3.43. The molecule has 1 saturated heterocycles. The Morgan fingerprint density at radius 3 is 2.11 bits per heavy atom. The summed E-state index contributed by atoms with van der Waals surface area (Å²) in [6.45, 7) is 8.03. The SMILES string of the molecule is CCC1(CC)CCN(C(C)CNCC(F)(F)F)CC1. The maximum Gasteiger partial charge on any atom is 0.401 e. The first-order valence-corrected chi connectivity index (χ1v) is 7.33. The molecule has 1 atom stereocenters. The van der Waals surface area contributed by atoms with Crippen LogP contribution in [0.1, 0.15) is 46.5 Å². The van der Waals surface area contributed by atoms with Crippen LogP contribution < -0.4 is 5.32 Å². The number of nitrogens with one attached hydrogen (secondary N) is 1. The van der Waals surface area contributed by atoms with Crippen LogP contribution in [0.2, 0.25) is 0 Å². The van der Waals surface area contributed by atoms with Gasteiger partial charge in [0.15, 0.2) is 0 Å². The Kier molecular flexibility index (Phi) is 6.12. The molecule has 0 aromatic heterocycles. The molecule has 0 aromatic rings. The lowest BCUT2D eigenvalue weighted by molar-refractivity contribution is -0.125. The van der Waals surface area contributed by atoms with Crippen molar-refractivity contribution in [2.24, 2.45) is 5.41 Å². The number of hydrogen-bond acceptors (Lipinski definition) is 2. The van der Waals surface area contributed by atoms with Crippen molar-refractivity contribution in [3.8, 4) is 0 Å². The lowest BCUT2D eigenvalue weighted by Crippen LogP contribution is -2.48. The van der Waals surface area contributed by atoms with Crippen LogP contribution >= 0.6 is 0 Å². The first-order valence-electron chi connectivity index (χ1n) is 7.33. The second-order valence-electron chi connectivity index (χ2n) is 5.84. The Bertz CT molecular complexity index is 252. The average Bonchev–Trinajstić information content (AvgIpc) is 2.37. The molecule has 0 saturated carbocycles. The van der Waals surface area contributed by atoms with E-state index >= 15 is 0 Å². The molecule has 1 aliphatic heterocycles. The van der Waals surface area contributed by atoms with E-state index in [-0.39, 0.29) is 6.04 Å². The molecule has 0 spiro atoms. The number of rotatable bonds is 6. The molecule has 19 heavy (non-hydrogen) atoms. The number of halogens is 3. The van der Waals surface area contributed by atoms with Gasteiger partial charge in [0.2, 0.25) is 0 Å². The van der Waals surface area contributed by atoms with E-state index in [0.29, 0.717) is 12.0 Å². The second kappa shape index (κ2) is 6.93. The highest BCUT2D eigenvalue weighted by molar-refractivity contribution is 4.86. The first kappa shape index (κ1) is 16.8. The van der Waals surface area contributed by atoms with Crippen molar-refractivity contribution in [3.05, 3.63) is 0 Å². The van der Waals surface area contributed by atoms with Crippen LogP contribution in [0.25, 0.3) is 0 Å². The largest absolute Gasteiger partial charge is 0.401 e. The lowest BCUT2D eigenvalue weighted by Gasteiger charge is -2.43. The van der Waals surface area contributed by atoms with E-state index in [4.69, 9.17) is 0 Å². The van der Waals surface area contributed by atoms with E-state index in [1.807, 2.05) is 6.92 Å². The van der Waals surface area contributed by atoms with Gasteiger partial charge in [0, 0.05) is 12.6 Å². The smallest absolute Gasteiger partial charge is 0.307 e. The topological polar surface area (TPSA) is 15.3 Å². The van der Waals surface area contributed by atoms with Gasteiger partial charge in [-0.15, -0.1) is 0 Å². The molecule has 0 bridgehead atoms. The van der Waals surface area contributed by atoms with Crippen molar-refractivity contribution in [1.82, 2.24) is 10.2 Å². The standard InChI is InChI=1S/C14H27F3N2/c1-4-13(5-2)6-8-19(9-7-13)12(3)10-18-11-14(15,16)17/h12,18H,4-11H2,1-3H3. The van der Waals surface area contributed by atoms with Gasteiger partial charge in [-0.1, -0.05) is 26.7 Å². The molecule has 0 amide bonds. The summed E-state index contributed by atoms with van der Waals surface area (Å²) < 4.78 is 36.2. The summed E-state index contributed by atoms with van der Waals surface area (Å²) in [7, 11) is 0. The van der Waals surface area contributed by atoms with Crippen LogP contribution in [0.4, 0.5) is 13.2 Å². The summed E-state index contributed by atoms with van der Waals surface area (Å²) in [5.41, 5.74) is 0.468. The minimum atomic E-state index is -4.11. The maximum absolute atomic E-state index is 12.1. The average molecular weight is 280 g/mol. The fourth-order valence-electron chi connectivity index (χ4n) is 2.95. The summed E-state index contributed by atoms with van der Waals surface area (Å²) in [5.74, 6) is 0. The van der Waals surface area contributed by atoms with E-state index in [9.17, 15) is 13.2 Å². The van der Waals surface area contributed by atoms with Gasteiger partial charge >= 0.3 is 6.18 Å². The fraction of sp³-hybridized carbons (Fsp3) is 1.00. The summed E-state index contributed by atoms with van der Waals surface area (Å²) in [4.78, 5) is 2.31. The van der Waals surface area contributed by atoms with E-state index in [1.54, 1.807) is 0 Å². The molecule has 5 heteroatoms. The lowest BCUT2D eigenvalue weighted by atomic mass is 9.74. The third kappa shape index (κ3) is 5.30. The summed E-state index contributed by atoms with van der Waals surface area (Å²) in [6, 6.07) is 0.175. The second-order valence-corrected chi connectivity index (χ2v) is 5.84. The van der Waals surface area contributed by atoms with Crippen molar-refractivity contribution >= 4 is 0 Å². The summed E-state index contributed by atoms with van der Waals surface area (Å²) >= 11 is 0. The highest BCUT2D eigenvalue weighted by Gasteiger charge is 2.33. The first-order chi connectivity index (χ1) is 8.82. The Hall–Kier alpha value is -0.290. The Morgan fingerprint density at radius 1 is 1.16 bits per heavy atom. The van der Waals surface area contributed by atoms with Crippen LogP contribution in [0, 0.1) is 5.41 Å². The molecule has 1 heterocycles. The zero-order valence-corrected chi connectivity index (χ0v) is 12.3. The zero-order valence-electron chi connectivity index (χ0n) is 12.3. The van der Waals surface area contributed by atoms with Crippen LogP contribution in [0.3, 0.4) is 0 Å². The monoisotopic (exact) mass is 280 g/mol. The van der Waals surface area contributed by atoms with Gasteiger partial charge < -0.3 is 5.32 Å². The number of piperidine rings is 1. The Balaban J connectivity index is 2.31. The molecule has 0 aromatic carbocycles. The zero-order chi connectivity index (χ0) is 14.5. The highest BCUT2D eigenvalue weighted by Crippen LogP contribution is 2.38. The molecule has 2 nitrogen and oxygen atoms in total. The molecular weight excluding hydrogens is 253 g/mol. The van der Waals surface area contributed by atoms with Gasteiger partial charge in [-0.3, -0.25) is 4.90 Å². The molecule has 114 valence electrons. The van der Waals surface area contributed by atoms with E-state index in [0.717, 1.165) is 13.1 Å². The third-order valence-corrected chi connectivity index (χ3v) is 4.75. The molecule has 1 aliphatic rings. The van der Waals surface area contributed by atoms with Gasteiger partial charge in [0.05, 0.1) is 6.54 Å². The molecular formula is C14H27F3N2. The van der Waals surface area contributed by atoms with Crippen LogP contribution in [-0.4, -0.2) is 43.3 Å². The summed E-state index contributed by atoms with van der Waals surface area (Å²) in [6.07, 6.45) is 0.643. The number of likely N-dealkylation sites (tertiary alicyclic amines) is 1. The number of nitrogens with zero attached hydrogens (tertiary/aromatic N) is 1. The maximum atomic E-state index is 12.1. The Morgan fingerprint density at radius 2 is 1.68 bits per heavy atom. The van der Waals surface area contributed by atoms with E-state index < -0.39 is 12.7 Å². The minimum absolute atomic E-state index is 0.175. The van der Waals surface area contributed by atoms with Gasteiger partial charge in [-0.2, -0.15) is 13.2 Å². The molecule has 1 rings (SSSR count). The van der Waals surface area contributed by atoms with Crippen molar-refractivity contribution in [2.45, 2.75) is 58.7 Å². The quantitative estimate of drug-likeness (QED) is 0.802. The number of hydrogen-bond donors (Lipinski definition) is 1. The normalized spacial score (nSPS) is 22.4. The molecule has 0 aliphatic carbocycles. The number of alkyl halides is 3. The van der Waals surface area contributed by atoms with Crippen molar-refractivity contribution < 1.29 is 13.2 Å². The summed E-state index contributed by atoms with van der Waals surface area (Å²) in [5, 5.41) is 2.50. The van der Waals surface area contributed by atoms with Gasteiger partial charge in [0.1, 0.15) is 0 Å². The van der Waals surface area contributed by atoms with E-state index in [2.05, 4.69) is 24.1 Å². The van der Waals surface area contributed by atoms with Crippen molar-refractivity contribution in [1.29, 1.82) is 0 Å². The van der Waals surface area contributed by atoms with Crippen LogP contribution in [-0.2, 0) is 0 Å². The fourth-order valence-corrected chi connectivity index (χ4v) is 2.95. The highest BCUT2D eigenvalue weighted by atomic mass is 19.4. The predicted molar refractivity (Wildman–Crippen MR) is 72.2 cm³/mol. The molecule has 1 N–H and O–H groups in total. The van der Waals surface area contributed by atoms with E-state index in [1.165, 1.54) is 25.7 Å². The van der Waals surface area contributed by atoms with Crippen LogP contribution in [0.15, 0.2) is 0 Å². The molecule has 0 radical (unpaired) electrons. The van der Waals surface area contributed by atoms with Crippen molar-refractivity contribution in [2.75, 3.05) is 26.2 Å². The third-order valence-electron chi connectivity index (χ3n) is 4.75. The molecule has 1 unspecified atom stereocenters. The Labute approximate surface area is 114 Å². The van der Waals surface area contributed by atoms with Gasteiger partial charge in [0.25, 0.3) is 0 Å². The van der Waals surface area contributed by atoms with Gasteiger partial charge in [-0.25, -0.2) is 0 Å². The van der Waals surface area contributed by atoms with Gasteiger partial charge in [-0.05, 0) is 38.3 Å². The van der Waals surface area contributed by atoms with Crippen molar-refractivity contribution in [3.63, 3.8) is 0 Å². The minimum Gasteiger partial charge on any atom is -0.307 e.